The number of hydrogen-bond donors (Lipinski definition) is 1. The number of benzene rings is 1. The smallest absolute Gasteiger partial charge is 0.191 e. The first kappa shape index (κ1) is 21.2. The Hall–Kier alpha value is -1.86. The summed E-state index contributed by atoms with van der Waals surface area (Å²) in [6.07, 6.45) is -0.250. The average molecular weight is 366 g/mol. The molecule has 8 heteroatoms. The second-order valence-corrected chi connectivity index (χ2v) is 12.2. The highest BCUT2D eigenvalue weighted by atomic mass is 28.4. The number of azide groups is 1. The van der Waals surface area contributed by atoms with Gasteiger partial charge in [-0.15, -0.1) is 0 Å². The van der Waals surface area contributed by atoms with Crippen molar-refractivity contribution in [3.63, 3.8) is 0 Å². The maximum absolute atomic E-state index is 10.6. The molecule has 0 saturated heterocycles. The highest BCUT2D eigenvalue weighted by Crippen LogP contribution is 2.36. The molecule has 0 heterocycles. The van der Waals surface area contributed by atoms with E-state index in [2.05, 4.69) is 43.9 Å². The van der Waals surface area contributed by atoms with Crippen molar-refractivity contribution in [2.75, 3.05) is 13.2 Å². The van der Waals surface area contributed by atoms with E-state index in [1.165, 1.54) is 0 Å². The summed E-state index contributed by atoms with van der Waals surface area (Å²) in [7, 11) is -2.01. The predicted molar refractivity (Wildman–Crippen MR) is 99.4 cm³/mol. The van der Waals surface area contributed by atoms with Gasteiger partial charge in [-0.05, 0) is 47.9 Å². The standard InChI is InChI=1S/C17H27N3O4Si/c1-17(2,3)25(4,5)24-11-15(19-20-18)16(22)12-23-14-8-6-13(10-21)7-9-14/h6-10,15-16,22H,11-12H2,1-5H3/t15-,16+/m0/s1. The molecule has 0 spiro atoms. The first-order valence-electron chi connectivity index (χ1n) is 8.15. The van der Waals surface area contributed by atoms with Crippen LogP contribution in [-0.2, 0) is 4.43 Å². The van der Waals surface area contributed by atoms with E-state index in [0.717, 1.165) is 6.29 Å². The fraction of sp³-hybridized carbons (Fsp3) is 0.588. The van der Waals surface area contributed by atoms with Crippen molar-refractivity contribution in [3.8, 4) is 5.75 Å². The summed E-state index contributed by atoms with van der Waals surface area (Å²) in [6, 6.07) is 5.81. The van der Waals surface area contributed by atoms with E-state index in [1.807, 2.05) is 0 Å². The molecule has 0 unspecified atom stereocenters. The minimum absolute atomic E-state index is 0.0235. The average Bonchev–Trinajstić information content (AvgIpc) is 2.55. The van der Waals surface area contributed by atoms with E-state index in [-0.39, 0.29) is 18.3 Å². The number of aliphatic hydroxyl groups excluding tert-OH is 1. The quantitative estimate of drug-likeness (QED) is 0.235. The van der Waals surface area contributed by atoms with Gasteiger partial charge in [0, 0.05) is 17.1 Å². The molecule has 0 saturated carbocycles. The lowest BCUT2D eigenvalue weighted by Crippen LogP contribution is -2.44. The van der Waals surface area contributed by atoms with Gasteiger partial charge in [-0.25, -0.2) is 0 Å². The van der Waals surface area contributed by atoms with Crippen molar-refractivity contribution in [1.82, 2.24) is 0 Å². The number of carbonyl (C=O) groups excluding carboxylic acids is 1. The molecule has 0 aromatic heterocycles. The van der Waals surface area contributed by atoms with Crippen LogP contribution in [0.25, 0.3) is 10.4 Å². The van der Waals surface area contributed by atoms with Crippen LogP contribution < -0.4 is 4.74 Å². The molecule has 0 radical (unpaired) electrons. The molecule has 0 amide bonds. The van der Waals surface area contributed by atoms with E-state index in [4.69, 9.17) is 14.7 Å². The largest absolute Gasteiger partial charge is 0.491 e. The summed E-state index contributed by atoms with van der Waals surface area (Å²) in [4.78, 5) is 13.4. The molecule has 138 valence electrons. The van der Waals surface area contributed by atoms with Gasteiger partial charge in [-0.3, -0.25) is 4.79 Å². The maximum atomic E-state index is 10.6. The van der Waals surface area contributed by atoms with Gasteiger partial charge in [0.2, 0.25) is 0 Å². The van der Waals surface area contributed by atoms with Gasteiger partial charge in [-0.2, -0.15) is 0 Å². The number of rotatable bonds is 9. The van der Waals surface area contributed by atoms with Crippen molar-refractivity contribution in [2.45, 2.75) is 51.0 Å². The third-order valence-electron chi connectivity index (χ3n) is 4.50. The number of hydrogen-bond acceptors (Lipinski definition) is 5. The summed E-state index contributed by atoms with van der Waals surface area (Å²) in [5.74, 6) is 0.523. The van der Waals surface area contributed by atoms with Gasteiger partial charge in [0.1, 0.15) is 18.6 Å². The Bertz CT molecular complexity index is 607. The van der Waals surface area contributed by atoms with Crippen LogP contribution in [0.3, 0.4) is 0 Å². The van der Waals surface area contributed by atoms with Crippen LogP contribution in [0, 0.1) is 0 Å². The lowest BCUT2D eigenvalue weighted by atomic mass is 10.2. The molecule has 0 bridgehead atoms. The second kappa shape index (κ2) is 9.01. The Kier molecular flexibility index (Phi) is 7.63. The number of carbonyl (C=O) groups is 1. The number of nitrogens with zero attached hydrogens (tertiary/aromatic N) is 3. The molecule has 0 fully saturated rings. The molecular formula is C17H27N3O4Si. The minimum Gasteiger partial charge on any atom is -0.491 e. The van der Waals surface area contributed by atoms with Crippen LogP contribution >= 0.6 is 0 Å². The third kappa shape index (κ3) is 6.51. The summed E-state index contributed by atoms with van der Waals surface area (Å²) in [5.41, 5.74) is 9.29. The maximum Gasteiger partial charge on any atom is 0.191 e. The molecule has 25 heavy (non-hydrogen) atoms. The van der Waals surface area contributed by atoms with E-state index in [0.29, 0.717) is 11.3 Å². The molecule has 0 aliphatic heterocycles. The molecule has 0 aliphatic rings. The van der Waals surface area contributed by atoms with E-state index >= 15 is 0 Å². The van der Waals surface area contributed by atoms with E-state index in [9.17, 15) is 9.90 Å². The zero-order chi connectivity index (χ0) is 19.1. The topological polar surface area (TPSA) is 105 Å². The van der Waals surface area contributed by atoms with Gasteiger partial charge in [0.05, 0.1) is 12.1 Å². The van der Waals surface area contributed by atoms with Crippen LogP contribution in [0.5, 0.6) is 5.75 Å². The highest BCUT2D eigenvalue weighted by molar-refractivity contribution is 6.74. The first-order chi connectivity index (χ1) is 11.6. The monoisotopic (exact) mass is 365 g/mol. The van der Waals surface area contributed by atoms with Crippen LogP contribution in [0.4, 0.5) is 0 Å². The van der Waals surface area contributed by atoms with Gasteiger partial charge in [0.15, 0.2) is 8.32 Å². The Balaban J connectivity index is 2.65. The SMILES string of the molecule is CC(C)(C)[Si](C)(C)OC[C@H](N=[N+]=[N-])[C@H](O)COc1ccc(C=O)cc1. The summed E-state index contributed by atoms with van der Waals surface area (Å²) in [5, 5.41) is 14.0. The van der Waals surface area contributed by atoms with Crippen molar-refractivity contribution in [1.29, 1.82) is 0 Å². The fourth-order valence-electron chi connectivity index (χ4n) is 1.73. The molecule has 1 rings (SSSR count). The molecule has 1 aromatic rings. The van der Waals surface area contributed by atoms with Crippen LogP contribution in [0.2, 0.25) is 18.1 Å². The van der Waals surface area contributed by atoms with Gasteiger partial charge >= 0.3 is 0 Å². The Morgan fingerprint density at radius 2 is 1.88 bits per heavy atom. The Labute approximate surface area is 149 Å². The van der Waals surface area contributed by atoms with Crippen molar-refractivity contribution < 1.29 is 19.1 Å². The summed E-state index contributed by atoms with van der Waals surface area (Å²) in [6.45, 7) is 10.6. The van der Waals surface area contributed by atoms with Gasteiger partial charge in [0.25, 0.3) is 0 Å². The highest BCUT2D eigenvalue weighted by Gasteiger charge is 2.38. The lowest BCUT2D eigenvalue weighted by Gasteiger charge is -2.37. The zero-order valence-corrected chi connectivity index (χ0v) is 16.5. The van der Waals surface area contributed by atoms with Crippen molar-refractivity contribution >= 4 is 14.6 Å². The van der Waals surface area contributed by atoms with Gasteiger partial charge in [-0.1, -0.05) is 25.9 Å². The summed E-state index contributed by atoms with van der Waals surface area (Å²) < 4.78 is 11.5. The molecule has 7 nitrogen and oxygen atoms in total. The minimum atomic E-state index is -2.01. The number of aldehydes is 1. The summed E-state index contributed by atoms with van der Waals surface area (Å²) >= 11 is 0. The fourth-order valence-corrected chi connectivity index (χ4v) is 2.75. The number of ether oxygens (including phenoxy) is 1. The molecule has 2 atom stereocenters. The van der Waals surface area contributed by atoms with Crippen LogP contribution in [0.1, 0.15) is 31.1 Å². The van der Waals surface area contributed by atoms with E-state index in [1.54, 1.807) is 24.3 Å². The Morgan fingerprint density at radius 1 is 1.28 bits per heavy atom. The number of aliphatic hydroxyl groups is 1. The Morgan fingerprint density at radius 3 is 2.36 bits per heavy atom. The molecule has 1 N–H and O–H groups in total. The zero-order valence-electron chi connectivity index (χ0n) is 15.5. The predicted octanol–water partition coefficient (Wildman–Crippen LogP) is 3.94. The molecular weight excluding hydrogens is 338 g/mol. The van der Waals surface area contributed by atoms with Crippen molar-refractivity contribution in [3.05, 3.63) is 40.3 Å². The van der Waals surface area contributed by atoms with Crippen molar-refractivity contribution in [2.24, 2.45) is 5.11 Å². The van der Waals surface area contributed by atoms with E-state index < -0.39 is 20.5 Å². The van der Waals surface area contributed by atoms with Gasteiger partial charge < -0.3 is 14.3 Å². The molecule has 0 aliphatic carbocycles. The first-order valence-corrected chi connectivity index (χ1v) is 11.1. The van der Waals surface area contributed by atoms with Crippen LogP contribution in [0.15, 0.2) is 29.4 Å². The van der Waals surface area contributed by atoms with Crippen LogP contribution in [-0.4, -0.2) is 45.1 Å². The third-order valence-corrected chi connectivity index (χ3v) is 9.00. The second-order valence-electron chi connectivity index (χ2n) is 7.41. The lowest BCUT2D eigenvalue weighted by molar-refractivity contribution is 0.0660. The normalized spacial score (nSPS) is 14.3. The molecule has 1 aromatic carbocycles.